The number of amides is 3. The van der Waals surface area contributed by atoms with E-state index in [2.05, 4.69) is 10.6 Å². The minimum absolute atomic E-state index is 0.151. The molecule has 212 valence electrons. The molecule has 1 aromatic carbocycles. The van der Waals surface area contributed by atoms with Crippen LogP contribution in [0.3, 0.4) is 0 Å². The van der Waals surface area contributed by atoms with Crippen molar-refractivity contribution >= 4 is 40.9 Å². The highest BCUT2D eigenvalue weighted by molar-refractivity contribution is 8.05. The van der Waals surface area contributed by atoms with Crippen molar-refractivity contribution < 1.29 is 32.7 Å². The first-order chi connectivity index (χ1) is 18.5. The lowest BCUT2D eigenvalue weighted by Gasteiger charge is -2.30. The number of thioether (sulfide) groups is 1. The highest BCUT2D eigenvalue weighted by atomic mass is 32.2. The number of carbonyl (C=O) groups is 3. The van der Waals surface area contributed by atoms with Crippen LogP contribution in [0.25, 0.3) is 0 Å². The second-order valence-electron chi connectivity index (χ2n) is 9.22. The molecule has 2 saturated heterocycles. The molecule has 4 N–H and O–H groups in total. The Hall–Kier alpha value is -3.28. The monoisotopic (exact) mass is 568 g/mol. The maximum absolute atomic E-state index is 12.9. The highest BCUT2D eigenvalue weighted by Crippen LogP contribution is 2.39. The van der Waals surface area contributed by atoms with Gasteiger partial charge in [0.05, 0.1) is 17.5 Å². The zero-order valence-corrected chi connectivity index (χ0v) is 22.1. The number of piperidine rings is 1. The van der Waals surface area contributed by atoms with Gasteiger partial charge in [0, 0.05) is 30.7 Å². The summed E-state index contributed by atoms with van der Waals surface area (Å²) in [6.45, 7) is 2.10. The molecule has 2 fully saturated rings. The van der Waals surface area contributed by atoms with Gasteiger partial charge in [-0.3, -0.25) is 19.3 Å². The Kier molecular flexibility index (Phi) is 10.6. The van der Waals surface area contributed by atoms with Crippen LogP contribution in [0.4, 0.5) is 24.5 Å². The van der Waals surface area contributed by atoms with Gasteiger partial charge in [-0.1, -0.05) is 17.8 Å². The number of aliphatic hydroxyl groups excluding tert-OH is 1. The number of carbonyl (C=O) groups excluding carboxylic acids is 3. The molecule has 3 rings (SSSR count). The van der Waals surface area contributed by atoms with Crippen LogP contribution in [0.5, 0.6) is 0 Å². The summed E-state index contributed by atoms with van der Waals surface area (Å²) in [4.78, 5) is 41.1. The van der Waals surface area contributed by atoms with E-state index in [4.69, 9.17) is 0 Å². The first-order valence-corrected chi connectivity index (χ1v) is 13.3. The van der Waals surface area contributed by atoms with Crippen molar-refractivity contribution in [2.45, 2.75) is 31.3 Å². The molecular weight excluding hydrogens is 537 g/mol. The number of anilines is 2. The molecule has 3 amide bonds. The fourth-order valence-corrected chi connectivity index (χ4v) is 5.58. The number of hydrogen-bond donors (Lipinski definition) is 4. The number of benzene rings is 1. The number of halogens is 3. The van der Waals surface area contributed by atoms with E-state index in [0.29, 0.717) is 11.4 Å². The third-order valence-corrected chi connectivity index (χ3v) is 7.70. The lowest BCUT2D eigenvalue weighted by Crippen LogP contribution is -2.45. The zero-order valence-electron chi connectivity index (χ0n) is 21.3. The van der Waals surface area contributed by atoms with Crippen LogP contribution >= 0.6 is 11.8 Å². The Morgan fingerprint density at radius 1 is 1.28 bits per heavy atom. The predicted octanol–water partition coefficient (Wildman–Crippen LogP) is 2.32. The number of likely N-dealkylation sites (tertiary alicyclic amines) is 1. The van der Waals surface area contributed by atoms with Crippen molar-refractivity contribution in [1.82, 2.24) is 15.1 Å². The molecule has 0 spiro atoms. The largest absolute Gasteiger partial charge is 0.405 e. The van der Waals surface area contributed by atoms with Crippen molar-refractivity contribution in [2.24, 2.45) is 11.8 Å². The molecule has 39 heavy (non-hydrogen) atoms. The van der Waals surface area contributed by atoms with E-state index < -0.39 is 35.8 Å². The fraction of sp³-hybridized carbons (Fsp3) is 0.520. The molecule has 1 unspecified atom stereocenters. The third-order valence-electron chi connectivity index (χ3n) is 6.39. The molecule has 0 radical (unpaired) electrons. The molecule has 0 saturated carbocycles. The lowest BCUT2D eigenvalue weighted by molar-refractivity contribution is -0.141. The molecule has 2 atom stereocenters. The van der Waals surface area contributed by atoms with Gasteiger partial charge >= 0.3 is 6.18 Å². The molecule has 1 aromatic rings. The minimum atomic E-state index is -4.63. The van der Waals surface area contributed by atoms with E-state index in [1.807, 2.05) is 4.90 Å². The topological polar surface area (TPSA) is 138 Å². The van der Waals surface area contributed by atoms with Crippen molar-refractivity contribution in [3.05, 3.63) is 35.4 Å². The summed E-state index contributed by atoms with van der Waals surface area (Å²) in [6.07, 6.45) is -1.53. The van der Waals surface area contributed by atoms with Crippen LogP contribution in [0.2, 0.25) is 0 Å². The molecule has 2 aliphatic heterocycles. The first kappa shape index (κ1) is 30.3. The zero-order chi connectivity index (χ0) is 28.6. The van der Waals surface area contributed by atoms with Gasteiger partial charge in [0.2, 0.25) is 11.8 Å². The number of nitriles is 1. The molecule has 0 bridgehead atoms. The normalized spacial score (nSPS) is 20.5. The number of nitrogens with zero attached hydrogens (tertiary/aromatic N) is 3. The standard InChI is InChI=1S/C25H31F3N6O4S/c1-2-34-23(38)20(39-24(34)19(11-29)22(37)31-15-25(26,27)28)12-30-17-4-3-5-18(10-17)32-21(36)13-33-8-6-16(14-35)7-9-33/h3-5,10,12,16,19,24,30,35H,2,6-9,13-15H2,1H3,(H,31,37)(H,32,36)/b20-12+/t19-,24?/m1/s1. The quantitative estimate of drug-likeness (QED) is 0.316. The first-order valence-electron chi connectivity index (χ1n) is 12.5. The second-order valence-corrected chi connectivity index (χ2v) is 10.4. The number of hydrogen-bond acceptors (Lipinski definition) is 8. The van der Waals surface area contributed by atoms with Gasteiger partial charge in [0.15, 0.2) is 5.92 Å². The Labute approximate surface area is 228 Å². The number of likely N-dealkylation sites (N-methyl/N-ethyl adjacent to an activating group) is 1. The predicted molar refractivity (Wildman–Crippen MR) is 140 cm³/mol. The summed E-state index contributed by atoms with van der Waals surface area (Å²) in [5, 5.41) is 25.3. The van der Waals surface area contributed by atoms with Gasteiger partial charge in [-0.2, -0.15) is 18.4 Å². The summed E-state index contributed by atoms with van der Waals surface area (Å²) >= 11 is 0.921. The van der Waals surface area contributed by atoms with Gasteiger partial charge < -0.3 is 26.0 Å². The van der Waals surface area contributed by atoms with Crippen LogP contribution < -0.4 is 16.0 Å². The fourth-order valence-electron chi connectivity index (χ4n) is 4.28. The summed E-state index contributed by atoms with van der Waals surface area (Å²) in [7, 11) is 0. The Balaban J connectivity index is 1.60. The van der Waals surface area contributed by atoms with Crippen LogP contribution in [-0.4, -0.2) is 83.5 Å². The van der Waals surface area contributed by atoms with Gasteiger partial charge in [-0.25, -0.2) is 0 Å². The number of rotatable bonds is 10. The molecule has 0 aliphatic carbocycles. The van der Waals surface area contributed by atoms with Gasteiger partial charge in [-0.05, 0) is 57.0 Å². The summed E-state index contributed by atoms with van der Waals surface area (Å²) < 4.78 is 37.5. The molecule has 2 heterocycles. The van der Waals surface area contributed by atoms with E-state index in [1.165, 1.54) is 11.1 Å². The average molecular weight is 569 g/mol. The molecular formula is C25H31F3N6O4S. The molecule has 0 aromatic heterocycles. The van der Waals surface area contributed by atoms with Gasteiger partial charge in [0.25, 0.3) is 5.91 Å². The van der Waals surface area contributed by atoms with Crippen molar-refractivity contribution in [3.63, 3.8) is 0 Å². The smallest absolute Gasteiger partial charge is 0.396 e. The summed E-state index contributed by atoms with van der Waals surface area (Å²) in [5.41, 5.74) is 1.10. The van der Waals surface area contributed by atoms with Crippen LogP contribution in [0.15, 0.2) is 35.4 Å². The number of aliphatic hydroxyl groups is 1. The second kappa shape index (κ2) is 13.7. The molecule has 2 aliphatic rings. The van der Waals surface area contributed by atoms with Crippen LogP contribution in [-0.2, 0) is 14.4 Å². The molecule has 14 heteroatoms. The van der Waals surface area contributed by atoms with Gasteiger partial charge in [-0.15, -0.1) is 0 Å². The third kappa shape index (κ3) is 8.61. The van der Waals surface area contributed by atoms with E-state index in [9.17, 15) is 37.9 Å². The Bertz CT molecular complexity index is 1120. The average Bonchev–Trinajstić information content (AvgIpc) is 3.21. The van der Waals surface area contributed by atoms with Crippen LogP contribution in [0.1, 0.15) is 19.8 Å². The van der Waals surface area contributed by atoms with Crippen molar-refractivity contribution in [3.8, 4) is 6.07 Å². The Morgan fingerprint density at radius 2 is 1.97 bits per heavy atom. The van der Waals surface area contributed by atoms with Crippen molar-refractivity contribution in [2.75, 3.05) is 50.0 Å². The minimum Gasteiger partial charge on any atom is -0.396 e. The highest BCUT2D eigenvalue weighted by Gasteiger charge is 2.44. The number of nitrogens with one attached hydrogen (secondary N) is 3. The van der Waals surface area contributed by atoms with E-state index in [0.717, 1.165) is 37.7 Å². The maximum Gasteiger partial charge on any atom is 0.405 e. The molecule has 10 nitrogen and oxygen atoms in total. The van der Waals surface area contributed by atoms with E-state index in [1.54, 1.807) is 42.6 Å². The van der Waals surface area contributed by atoms with Crippen molar-refractivity contribution in [1.29, 1.82) is 5.26 Å². The summed E-state index contributed by atoms with van der Waals surface area (Å²) in [5.74, 6) is -2.96. The van der Waals surface area contributed by atoms with Crippen LogP contribution in [0, 0.1) is 23.2 Å². The van der Waals surface area contributed by atoms with E-state index in [-0.39, 0.29) is 36.4 Å². The number of alkyl halides is 3. The van der Waals surface area contributed by atoms with Gasteiger partial charge in [0.1, 0.15) is 11.9 Å². The SMILES string of the molecule is CCN1C(=O)/C(=C\Nc2cccc(NC(=O)CN3CCC(CO)CC3)c2)SC1[C@H](C#N)C(=O)NCC(F)(F)F. The van der Waals surface area contributed by atoms with E-state index >= 15 is 0 Å². The maximum atomic E-state index is 12.9. The Morgan fingerprint density at radius 3 is 2.59 bits per heavy atom. The summed E-state index contributed by atoms with van der Waals surface area (Å²) in [6, 6.07) is 8.55. The lowest BCUT2D eigenvalue weighted by atomic mass is 9.98.